The summed E-state index contributed by atoms with van der Waals surface area (Å²) in [6, 6.07) is 9.15. The molecule has 3 rings (SSSR count). The van der Waals surface area contributed by atoms with Crippen molar-refractivity contribution in [2.75, 3.05) is 20.2 Å². The largest absolute Gasteiger partial charge is 0.490 e. The van der Waals surface area contributed by atoms with Crippen LogP contribution in [0.3, 0.4) is 0 Å². The molecule has 1 aromatic heterocycles. The van der Waals surface area contributed by atoms with E-state index < -0.39 is 17.3 Å². The molecule has 0 spiro atoms. The molecule has 7 heteroatoms. The van der Waals surface area contributed by atoms with Crippen molar-refractivity contribution in [2.45, 2.75) is 6.54 Å². The molecule has 5 nitrogen and oxygen atoms in total. The Labute approximate surface area is 136 Å². The molecular formula is C17H17F2N3O2. The Morgan fingerprint density at radius 1 is 1.21 bits per heavy atom. The second kappa shape index (κ2) is 6.84. The van der Waals surface area contributed by atoms with Crippen LogP contribution in [0.25, 0.3) is 11.0 Å². The first-order chi connectivity index (χ1) is 11.6. The van der Waals surface area contributed by atoms with Gasteiger partial charge in [-0.3, -0.25) is 4.57 Å². The van der Waals surface area contributed by atoms with E-state index >= 15 is 0 Å². The van der Waals surface area contributed by atoms with Crippen molar-refractivity contribution in [3.05, 3.63) is 64.1 Å². The van der Waals surface area contributed by atoms with E-state index in [0.717, 1.165) is 6.07 Å². The highest BCUT2D eigenvalue weighted by atomic mass is 19.2. The molecule has 0 saturated carbocycles. The van der Waals surface area contributed by atoms with Crippen molar-refractivity contribution in [3.8, 4) is 5.75 Å². The van der Waals surface area contributed by atoms with Crippen LogP contribution in [0.2, 0.25) is 0 Å². The lowest BCUT2D eigenvalue weighted by molar-refractivity contribution is 0.321. The number of rotatable bonds is 6. The van der Waals surface area contributed by atoms with E-state index in [1.165, 1.54) is 16.7 Å². The van der Waals surface area contributed by atoms with Gasteiger partial charge in [-0.15, -0.1) is 0 Å². The molecule has 1 heterocycles. The lowest BCUT2D eigenvalue weighted by atomic mass is 10.2. The van der Waals surface area contributed by atoms with E-state index in [0.29, 0.717) is 29.9 Å². The number of hydrogen-bond donors (Lipinski definition) is 2. The molecule has 3 aromatic rings. The van der Waals surface area contributed by atoms with Gasteiger partial charge in [0.05, 0.1) is 12.1 Å². The van der Waals surface area contributed by atoms with Crippen LogP contribution in [0, 0.1) is 11.6 Å². The van der Waals surface area contributed by atoms with Crippen LogP contribution in [0.15, 0.2) is 41.2 Å². The predicted octanol–water partition coefficient (Wildman–Crippen LogP) is 2.25. The molecule has 0 aliphatic heterocycles. The smallest absolute Gasteiger partial charge is 0.326 e. The van der Waals surface area contributed by atoms with Crippen LogP contribution in [-0.4, -0.2) is 29.8 Å². The zero-order valence-electron chi connectivity index (χ0n) is 13.1. The van der Waals surface area contributed by atoms with E-state index in [2.05, 4.69) is 10.3 Å². The highest BCUT2D eigenvalue weighted by Crippen LogP contribution is 2.23. The standard InChI is InChI=1S/C17H17F2N3O2/c1-20-8-9-24-14-7-3-6-13-16(14)21-17(23)22(13)10-11-4-2-5-12(18)15(11)19/h2-7,20H,8-10H2,1H3,(H,21,23). The van der Waals surface area contributed by atoms with E-state index in [9.17, 15) is 13.6 Å². The number of likely N-dealkylation sites (N-methyl/N-ethyl adjacent to an activating group) is 1. The molecule has 0 amide bonds. The minimum absolute atomic E-state index is 0.0671. The fourth-order valence-corrected chi connectivity index (χ4v) is 2.54. The lowest BCUT2D eigenvalue weighted by Gasteiger charge is -2.08. The summed E-state index contributed by atoms with van der Waals surface area (Å²) in [5.41, 5.74) is 0.818. The van der Waals surface area contributed by atoms with Gasteiger partial charge < -0.3 is 15.0 Å². The third-order valence-electron chi connectivity index (χ3n) is 3.74. The van der Waals surface area contributed by atoms with E-state index in [1.54, 1.807) is 18.2 Å². The van der Waals surface area contributed by atoms with Crippen LogP contribution in [0.4, 0.5) is 8.78 Å². The zero-order chi connectivity index (χ0) is 17.1. The van der Waals surface area contributed by atoms with Gasteiger partial charge in [-0.25, -0.2) is 13.6 Å². The third kappa shape index (κ3) is 3.03. The minimum Gasteiger partial charge on any atom is -0.490 e. The molecule has 0 fully saturated rings. The second-order valence-electron chi connectivity index (χ2n) is 5.33. The normalized spacial score (nSPS) is 11.1. The van der Waals surface area contributed by atoms with Gasteiger partial charge in [0.1, 0.15) is 17.9 Å². The van der Waals surface area contributed by atoms with Crippen LogP contribution < -0.4 is 15.7 Å². The maximum absolute atomic E-state index is 13.9. The number of aromatic amines is 1. The predicted molar refractivity (Wildman–Crippen MR) is 87.4 cm³/mol. The van der Waals surface area contributed by atoms with Crippen LogP contribution in [-0.2, 0) is 6.54 Å². The molecule has 0 aliphatic carbocycles. The number of fused-ring (bicyclic) bond motifs is 1. The Balaban J connectivity index is 2.00. The number of imidazole rings is 1. The Kier molecular flexibility index (Phi) is 4.61. The fourth-order valence-electron chi connectivity index (χ4n) is 2.54. The quantitative estimate of drug-likeness (QED) is 0.680. The van der Waals surface area contributed by atoms with Crippen molar-refractivity contribution in [3.63, 3.8) is 0 Å². The van der Waals surface area contributed by atoms with Crippen molar-refractivity contribution in [1.29, 1.82) is 0 Å². The maximum Gasteiger partial charge on any atom is 0.326 e. The maximum atomic E-state index is 13.9. The summed E-state index contributed by atoms with van der Waals surface area (Å²) >= 11 is 0. The van der Waals surface area contributed by atoms with Gasteiger partial charge in [0.15, 0.2) is 11.6 Å². The Morgan fingerprint density at radius 2 is 2.00 bits per heavy atom. The number of benzene rings is 2. The molecule has 24 heavy (non-hydrogen) atoms. The number of halogens is 2. The first-order valence-corrected chi connectivity index (χ1v) is 7.53. The summed E-state index contributed by atoms with van der Waals surface area (Å²) in [5.74, 6) is -1.34. The van der Waals surface area contributed by atoms with Crippen molar-refractivity contribution < 1.29 is 13.5 Å². The zero-order valence-corrected chi connectivity index (χ0v) is 13.1. The Bertz CT molecular complexity index is 918. The first kappa shape index (κ1) is 16.2. The summed E-state index contributed by atoms with van der Waals surface area (Å²) in [6.45, 7) is 1.04. The van der Waals surface area contributed by atoms with Crippen molar-refractivity contribution in [1.82, 2.24) is 14.9 Å². The number of para-hydroxylation sites is 1. The molecule has 0 radical (unpaired) electrons. The molecule has 126 valence electrons. The number of nitrogens with zero attached hydrogens (tertiary/aromatic N) is 1. The number of hydrogen-bond acceptors (Lipinski definition) is 3. The van der Waals surface area contributed by atoms with Gasteiger partial charge in [-0.1, -0.05) is 18.2 Å². The summed E-state index contributed by atoms with van der Waals surface area (Å²) in [6.07, 6.45) is 0. The van der Waals surface area contributed by atoms with Crippen LogP contribution in [0.1, 0.15) is 5.56 Å². The number of H-pyrrole nitrogens is 1. The van der Waals surface area contributed by atoms with Gasteiger partial charge in [-0.05, 0) is 25.2 Å². The van der Waals surface area contributed by atoms with E-state index in [1.807, 2.05) is 7.05 Å². The van der Waals surface area contributed by atoms with Gasteiger partial charge in [-0.2, -0.15) is 0 Å². The molecule has 2 N–H and O–H groups in total. The summed E-state index contributed by atoms with van der Waals surface area (Å²) in [5, 5.41) is 2.97. The fraction of sp³-hybridized carbons (Fsp3) is 0.235. The topological polar surface area (TPSA) is 59.0 Å². The third-order valence-corrected chi connectivity index (χ3v) is 3.74. The van der Waals surface area contributed by atoms with Gasteiger partial charge in [0.25, 0.3) is 0 Å². The Hall–Kier alpha value is -2.67. The first-order valence-electron chi connectivity index (χ1n) is 7.53. The van der Waals surface area contributed by atoms with Crippen LogP contribution >= 0.6 is 0 Å². The molecule has 0 atom stereocenters. The van der Waals surface area contributed by atoms with Gasteiger partial charge >= 0.3 is 5.69 Å². The monoisotopic (exact) mass is 333 g/mol. The molecule has 2 aromatic carbocycles. The molecule has 0 aliphatic rings. The molecule has 0 bridgehead atoms. The highest BCUT2D eigenvalue weighted by Gasteiger charge is 2.14. The second-order valence-corrected chi connectivity index (χ2v) is 5.33. The van der Waals surface area contributed by atoms with E-state index in [4.69, 9.17) is 4.74 Å². The lowest BCUT2D eigenvalue weighted by Crippen LogP contribution is -2.18. The van der Waals surface area contributed by atoms with Crippen molar-refractivity contribution >= 4 is 11.0 Å². The van der Waals surface area contributed by atoms with Gasteiger partial charge in [0, 0.05) is 12.1 Å². The Morgan fingerprint density at radius 3 is 2.79 bits per heavy atom. The summed E-state index contributed by atoms with van der Waals surface area (Å²) in [7, 11) is 1.82. The number of ether oxygens (including phenoxy) is 1. The van der Waals surface area contributed by atoms with Crippen molar-refractivity contribution in [2.24, 2.45) is 0 Å². The summed E-state index contributed by atoms with van der Waals surface area (Å²) in [4.78, 5) is 15.0. The SMILES string of the molecule is CNCCOc1cccc2c1[nH]c(=O)n2Cc1cccc(F)c1F. The van der Waals surface area contributed by atoms with E-state index in [-0.39, 0.29) is 12.1 Å². The molecule has 0 unspecified atom stereocenters. The van der Waals surface area contributed by atoms with Gasteiger partial charge in [0.2, 0.25) is 0 Å². The highest BCUT2D eigenvalue weighted by molar-refractivity contribution is 5.81. The number of aromatic nitrogens is 2. The summed E-state index contributed by atoms with van der Waals surface area (Å²) < 4.78 is 34.2. The van der Waals surface area contributed by atoms with Crippen LogP contribution in [0.5, 0.6) is 5.75 Å². The number of nitrogens with one attached hydrogen (secondary N) is 2. The average molecular weight is 333 g/mol. The molecular weight excluding hydrogens is 316 g/mol. The minimum atomic E-state index is -0.944. The average Bonchev–Trinajstić information content (AvgIpc) is 2.89. The molecule has 0 saturated heterocycles.